The molecule has 1 aromatic rings. The summed E-state index contributed by atoms with van der Waals surface area (Å²) in [4.78, 5) is 11.7. The quantitative estimate of drug-likeness (QED) is 0.776. The van der Waals surface area contributed by atoms with E-state index in [-0.39, 0.29) is 5.97 Å². The summed E-state index contributed by atoms with van der Waals surface area (Å²) in [7, 11) is 1.43. The summed E-state index contributed by atoms with van der Waals surface area (Å²) in [6.07, 6.45) is 5.67. The van der Waals surface area contributed by atoms with E-state index in [4.69, 9.17) is 4.74 Å². The normalized spacial score (nSPS) is 18.3. The summed E-state index contributed by atoms with van der Waals surface area (Å²) >= 11 is 0. The Morgan fingerprint density at radius 1 is 1.25 bits per heavy atom. The third kappa shape index (κ3) is 3.21. The molecule has 3 nitrogen and oxygen atoms in total. The molecule has 0 aromatic heterocycles. The van der Waals surface area contributed by atoms with Crippen LogP contribution in [0.1, 0.15) is 41.6 Å². The van der Waals surface area contributed by atoms with Gasteiger partial charge in [0.05, 0.1) is 12.7 Å². The van der Waals surface area contributed by atoms with Gasteiger partial charge in [-0.1, -0.05) is 18.2 Å². The van der Waals surface area contributed by atoms with Crippen LogP contribution in [0.5, 0.6) is 0 Å². The van der Waals surface area contributed by atoms with E-state index in [1.807, 2.05) is 24.3 Å². The van der Waals surface area contributed by atoms with E-state index < -0.39 is 0 Å². The van der Waals surface area contributed by atoms with Crippen LogP contribution in [0.15, 0.2) is 24.3 Å². The first-order chi connectivity index (χ1) is 9.79. The van der Waals surface area contributed by atoms with Gasteiger partial charge in [-0.2, -0.15) is 0 Å². The van der Waals surface area contributed by atoms with Gasteiger partial charge in [0.1, 0.15) is 0 Å². The van der Waals surface area contributed by atoms with E-state index >= 15 is 0 Å². The van der Waals surface area contributed by atoms with Gasteiger partial charge >= 0.3 is 5.97 Å². The summed E-state index contributed by atoms with van der Waals surface area (Å²) in [5.74, 6) is 2.54. The predicted molar refractivity (Wildman–Crippen MR) is 78.4 cm³/mol. The molecule has 108 valence electrons. The van der Waals surface area contributed by atoms with Crippen molar-refractivity contribution in [3.05, 3.63) is 35.4 Å². The van der Waals surface area contributed by atoms with Gasteiger partial charge in [-0.05, 0) is 61.6 Å². The highest BCUT2D eigenvalue weighted by molar-refractivity contribution is 5.90. The first kappa shape index (κ1) is 13.6. The van der Waals surface area contributed by atoms with Crippen LogP contribution in [0.25, 0.3) is 0 Å². The third-order valence-corrected chi connectivity index (χ3v) is 4.57. The highest BCUT2D eigenvalue weighted by Crippen LogP contribution is 2.48. The smallest absolute Gasteiger partial charge is 0.338 e. The van der Waals surface area contributed by atoms with Gasteiger partial charge in [0, 0.05) is 6.54 Å². The lowest BCUT2D eigenvalue weighted by molar-refractivity contribution is 0.0599. The monoisotopic (exact) mass is 273 g/mol. The fourth-order valence-corrected chi connectivity index (χ4v) is 3.12. The van der Waals surface area contributed by atoms with Crippen molar-refractivity contribution < 1.29 is 9.53 Å². The predicted octanol–water partition coefficient (Wildman–Crippen LogP) is 3.00. The molecular weight excluding hydrogens is 250 g/mol. The average Bonchev–Trinajstić information content (AvgIpc) is 3.36. The molecule has 20 heavy (non-hydrogen) atoms. The van der Waals surface area contributed by atoms with Crippen LogP contribution in [-0.2, 0) is 11.3 Å². The Morgan fingerprint density at radius 2 is 1.90 bits per heavy atom. The standard InChI is InChI=1S/C17H23NO2/c1-20-17(19)15-5-3-2-4-14(15)10-18-11-16(12-6-7-12)13-8-9-13/h2-5,12-13,16,18H,6-11H2,1H3. The van der Waals surface area contributed by atoms with Crippen molar-refractivity contribution in [3.63, 3.8) is 0 Å². The molecule has 0 aliphatic heterocycles. The molecule has 0 atom stereocenters. The van der Waals surface area contributed by atoms with E-state index in [9.17, 15) is 4.79 Å². The molecule has 0 saturated heterocycles. The van der Waals surface area contributed by atoms with E-state index in [1.165, 1.54) is 32.8 Å². The SMILES string of the molecule is COC(=O)c1ccccc1CNCC(C1CC1)C1CC1. The van der Waals surface area contributed by atoms with Crippen LogP contribution in [0.2, 0.25) is 0 Å². The molecule has 0 heterocycles. The molecule has 2 saturated carbocycles. The highest BCUT2D eigenvalue weighted by atomic mass is 16.5. The number of hydrogen-bond acceptors (Lipinski definition) is 3. The topological polar surface area (TPSA) is 38.3 Å². The van der Waals surface area contributed by atoms with Crippen molar-refractivity contribution in [1.29, 1.82) is 0 Å². The number of carbonyl (C=O) groups is 1. The minimum atomic E-state index is -0.247. The lowest BCUT2D eigenvalue weighted by Gasteiger charge is -2.17. The van der Waals surface area contributed by atoms with Gasteiger partial charge in [-0.15, -0.1) is 0 Å². The van der Waals surface area contributed by atoms with Gasteiger partial charge < -0.3 is 10.1 Å². The minimum absolute atomic E-state index is 0.247. The largest absolute Gasteiger partial charge is 0.465 e. The molecule has 0 radical (unpaired) electrons. The Kier molecular flexibility index (Phi) is 4.06. The Labute approximate surface area is 120 Å². The van der Waals surface area contributed by atoms with Crippen molar-refractivity contribution in [2.45, 2.75) is 32.2 Å². The molecule has 1 N–H and O–H groups in total. The lowest BCUT2D eigenvalue weighted by atomic mass is 9.97. The van der Waals surface area contributed by atoms with E-state index in [1.54, 1.807) is 0 Å². The second-order valence-electron chi connectivity index (χ2n) is 6.12. The van der Waals surface area contributed by atoms with Crippen molar-refractivity contribution in [3.8, 4) is 0 Å². The van der Waals surface area contributed by atoms with Crippen molar-refractivity contribution in [1.82, 2.24) is 5.32 Å². The molecule has 2 aliphatic carbocycles. The Bertz CT molecular complexity index is 466. The molecule has 0 bridgehead atoms. The summed E-state index contributed by atoms with van der Waals surface area (Å²) in [5, 5.41) is 3.56. The molecule has 0 spiro atoms. The number of ether oxygens (including phenoxy) is 1. The number of rotatable bonds is 7. The minimum Gasteiger partial charge on any atom is -0.465 e. The fraction of sp³-hybridized carbons (Fsp3) is 0.588. The van der Waals surface area contributed by atoms with Crippen LogP contribution < -0.4 is 5.32 Å². The molecule has 0 amide bonds. The van der Waals surface area contributed by atoms with Crippen LogP contribution in [0.3, 0.4) is 0 Å². The second kappa shape index (κ2) is 5.96. The summed E-state index contributed by atoms with van der Waals surface area (Å²) in [5.41, 5.74) is 1.71. The van der Waals surface area contributed by atoms with Gasteiger partial charge in [-0.3, -0.25) is 0 Å². The van der Waals surface area contributed by atoms with Crippen molar-refractivity contribution >= 4 is 5.97 Å². The third-order valence-electron chi connectivity index (χ3n) is 4.57. The molecule has 3 rings (SSSR count). The van der Waals surface area contributed by atoms with E-state index in [0.717, 1.165) is 36.4 Å². The van der Waals surface area contributed by atoms with E-state index in [0.29, 0.717) is 5.56 Å². The number of esters is 1. The Balaban J connectivity index is 1.56. The maximum absolute atomic E-state index is 11.7. The molecule has 1 aromatic carbocycles. The summed E-state index contributed by atoms with van der Waals surface area (Å²) < 4.78 is 4.83. The van der Waals surface area contributed by atoms with Gasteiger partial charge in [0.25, 0.3) is 0 Å². The molecular formula is C17H23NO2. The maximum atomic E-state index is 11.7. The van der Waals surface area contributed by atoms with Crippen molar-refractivity contribution in [2.24, 2.45) is 17.8 Å². The number of carbonyl (C=O) groups excluding carboxylic acids is 1. The average molecular weight is 273 g/mol. The molecule has 0 unspecified atom stereocenters. The maximum Gasteiger partial charge on any atom is 0.338 e. The zero-order valence-electron chi connectivity index (χ0n) is 12.1. The zero-order valence-corrected chi connectivity index (χ0v) is 12.1. The first-order valence-electron chi connectivity index (χ1n) is 7.66. The highest BCUT2D eigenvalue weighted by Gasteiger charge is 2.40. The summed E-state index contributed by atoms with van der Waals surface area (Å²) in [6.45, 7) is 1.84. The number of benzene rings is 1. The van der Waals surface area contributed by atoms with Crippen LogP contribution >= 0.6 is 0 Å². The molecule has 2 fully saturated rings. The Morgan fingerprint density at radius 3 is 2.50 bits per heavy atom. The first-order valence-corrected chi connectivity index (χ1v) is 7.66. The Hall–Kier alpha value is -1.35. The summed E-state index contributed by atoms with van der Waals surface area (Å²) in [6, 6.07) is 7.69. The van der Waals surface area contributed by atoms with E-state index in [2.05, 4.69) is 5.32 Å². The zero-order chi connectivity index (χ0) is 13.9. The van der Waals surface area contributed by atoms with Crippen LogP contribution in [-0.4, -0.2) is 19.6 Å². The van der Waals surface area contributed by atoms with Crippen LogP contribution in [0.4, 0.5) is 0 Å². The molecule has 2 aliphatic rings. The van der Waals surface area contributed by atoms with Gasteiger partial charge in [0.15, 0.2) is 0 Å². The number of hydrogen-bond donors (Lipinski definition) is 1. The van der Waals surface area contributed by atoms with Crippen LogP contribution in [0, 0.1) is 17.8 Å². The van der Waals surface area contributed by atoms with Gasteiger partial charge in [0.2, 0.25) is 0 Å². The van der Waals surface area contributed by atoms with Gasteiger partial charge in [-0.25, -0.2) is 4.79 Å². The molecule has 3 heteroatoms. The number of nitrogens with one attached hydrogen (secondary N) is 1. The second-order valence-corrected chi connectivity index (χ2v) is 6.12. The number of methoxy groups -OCH3 is 1. The van der Waals surface area contributed by atoms with Crippen molar-refractivity contribution in [2.75, 3.05) is 13.7 Å². The lowest BCUT2D eigenvalue weighted by Crippen LogP contribution is -2.26. The fourth-order valence-electron chi connectivity index (χ4n) is 3.12.